The van der Waals surface area contributed by atoms with Crippen LogP contribution in [0, 0.1) is 0 Å². The Labute approximate surface area is 66.1 Å². The fraction of sp³-hybridized carbons (Fsp3) is 0.333. The largest absolute Gasteiger partial charge is 0.451 e. The monoisotopic (exact) mass is 177 g/mol. The van der Waals surface area contributed by atoms with E-state index in [0.717, 1.165) is 6.39 Å². The van der Waals surface area contributed by atoms with Crippen LogP contribution in [-0.4, -0.2) is 17.6 Å². The van der Waals surface area contributed by atoms with Gasteiger partial charge in [0.25, 0.3) is 0 Å². The number of rotatable bonds is 3. The summed E-state index contributed by atoms with van der Waals surface area (Å²) >= 11 is 0. The van der Waals surface area contributed by atoms with Crippen molar-refractivity contribution < 1.29 is 22.7 Å². The fourth-order valence-corrected chi connectivity index (χ4v) is 0.614. The molecule has 0 aliphatic rings. The van der Waals surface area contributed by atoms with Crippen molar-refractivity contribution in [1.29, 1.82) is 0 Å². The molecule has 0 fully saturated rings. The van der Waals surface area contributed by atoms with Gasteiger partial charge in [0.2, 0.25) is 0 Å². The molecule has 0 amide bonds. The first-order valence-electron chi connectivity index (χ1n) is 3.03. The van der Waals surface area contributed by atoms with Crippen molar-refractivity contribution in [3.63, 3.8) is 0 Å². The first-order valence-corrected chi connectivity index (χ1v) is 3.03. The summed E-state index contributed by atoms with van der Waals surface area (Å²) in [6.45, 7) is -3.08. The number of hydrogen-bond acceptors (Lipinski definition) is 4. The van der Waals surface area contributed by atoms with Crippen molar-refractivity contribution in [2.75, 3.05) is 0 Å². The lowest BCUT2D eigenvalue weighted by atomic mass is 10.3. The highest BCUT2D eigenvalue weighted by molar-refractivity contribution is 5.71. The molecule has 0 saturated carbocycles. The van der Waals surface area contributed by atoms with Crippen molar-refractivity contribution in [2.24, 2.45) is 0 Å². The van der Waals surface area contributed by atoms with E-state index < -0.39 is 12.6 Å². The van der Waals surface area contributed by atoms with Gasteiger partial charge < -0.3 is 9.15 Å². The van der Waals surface area contributed by atoms with E-state index in [0.29, 0.717) is 0 Å². The molecule has 0 bridgehead atoms. The first kappa shape index (κ1) is 8.63. The van der Waals surface area contributed by atoms with Crippen molar-refractivity contribution >= 4 is 5.97 Å². The third-order valence-corrected chi connectivity index (χ3v) is 1.03. The van der Waals surface area contributed by atoms with Gasteiger partial charge in [-0.3, -0.25) is 4.79 Å². The van der Waals surface area contributed by atoms with E-state index >= 15 is 0 Å². The zero-order valence-corrected chi connectivity index (χ0v) is 5.87. The molecule has 0 unspecified atom stereocenters. The maximum atomic E-state index is 11.4. The van der Waals surface area contributed by atoms with Crippen LogP contribution in [-0.2, 0) is 16.0 Å². The van der Waals surface area contributed by atoms with Crippen LogP contribution < -0.4 is 0 Å². The van der Waals surface area contributed by atoms with Gasteiger partial charge >= 0.3 is 12.6 Å². The molecular formula is C6H5F2NO3. The molecule has 0 saturated heterocycles. The van der Waals surface area contributed by atoms with Gasteiger partial charge in [-0.25, -0.2) is 4.98 Å². The van der Waals surface area contributed by atoms with Crippen LogP contribution in [0.15, 0.2) is 17.1 Å². The molecule has 12 heavy (non-hydrogen) atoms. The predicted octanol–water partition coefficient (Wildman–Crippen LogP) is 0.983. The van der Waals surface area contributed by atoms with Crippen molar-refractivity contribution in [1.82, 2.24) is 4.98 Å². The molecule has 0 N–H and O–H groups in total. The van der Waals surface area contributed by atoms with Gasteiger partial charge in [-0.1, -0.05) is 0 Å². The van der Waals surface area contributed by atoms with Crippen LogP contribution in [0.2, 0.25) is 0 Å². The predicted molar refractivity (Wildman–Crippen MR) is 32.3 cm³/mol. The number of aromatic nitrogens is 1. The number of halogens is 2. The van der Waals surface area contributed by atoms with E-state index in [1.54, 1.807) is 0 Å². The molecule has 6 heteroatoms. The molecule has 0 atom stereocenters. The number of oxazole rings is 1. The van der Waals surface area contributed by atoms with Gasteiger partial charge in [0.1, 0.15) is 6.26 Å². The van der Waals surface area contributed by atoms with Gasteiger partial charge in [0.15, 0.2) is 6.39 Å². The Morgan fingerprint density at radius 2 is 2.50 bits per heavy atom. The summed E-state index contributed by atoms with van der Waals surface area (Å²) in [6, 6.07) is 0. The molecule has 66 valence electrons. The van der Waals surface area contributed by atoms with E-state index in [1.807, 2.05) is 0 Å². The summed E-state index contributed by atoms with van der Waals surface area (Å²) in [5, 5.41) is 0. The smallest absolute Gasteiger partial charge is 0.389 e. The maximum Gasteiger partial charge on any atom is 0.389 e. The van der Waals surface area contributed by atoms with E-state index in [-0.39, 0.29) is 12.1 Å². The van der Waals surface area contributed by atoms with Crippen LogP contribution in [0.3, 0.4) is 0 Å². The maximum absolute atomic E-state index is 11.4. The molecule has 0 radical (unpaired) electrons. The molecule has 4 nitrogen and oxygen atoms in total. The van der Waals surface area contributed by atoms with Crippen LogP contribution >= 0.6 is 0 Å². The van der Waals surface area contributed by atoms with Crippen LogP contribution in [0.4, 0.5) is 8.78 Å². The van der Waals surface area contributed by atoms with Crippen LogP contribution in [0.1, 0.15) is 5.69 Å². The third kappa shape index (κ3) is 2.65. The third-order valence-electron chi connectivity index (χ3n) is 1.03. The summed E-state index contributed by atoms with van der Waals surface area (Å²) in [5.41, 5.74) is 0.264. The molecule has 0 aromatic carbocycles. The zero-order valence-electron chi connectivity index (χ0n) is 5.87. The Kier molecular flexibility index (Phi) is 2.73. The molecule has 1 aromatic heterocycles. The highest BCUT2D eigenvalue weighted by atomic mass is 19.3. The summed E-state index contributed by atoms with van der Waals surface area (Å²) in [4.78, 5) is 14.1. The number of carbonyl (C=O) groups is 1. The minimum absolute atomic E-state index is 0.264. The number of nitrogens with zero attached hydrogens (tertiary/aromatic N) is 1. The molecule has 1 aromatic rings. The lowest BCUT2D eigenvalue weighted by molar-refractivity contribution is -0.175. The lowest BCUT2D eigenvalue weighted by Gasteiger charge is -1.99. The van der Waals surface area contributed by atoms with Crippen molar-refractivity contribution in [2.45, 2.75) is 13.0 Å². The van der Waals surface area contributed by atoms with E-state index in [1.165, 1.54) is 6.26 Å². The quantitative estimate of drug-likeness (QED) is 0.646. The second kappa shape index (κ2) is 3.80. The van der Waals surface area contributed by atoms with E-state index in [9.17, 15) is 13.6 Å². The fourth-order valence-electron chi connectivity index (χ4n) is 0.614. The normalized spacial score (nSPS) is 10.2. The molecule has 0 aliphatic carbocycles. The van der Waals surface area contributed by atoms with E-state index in [4.69, 9.17) is 0 Å². The second-order valence-electron chi connectivity index (χ2n) is 1.91. The zero-order chi connectivity index (χ0) is 8.97. The number of alkyl halides is 2. The highest BCUT2D eigenvalue weighted by Crippen LogP contribution is 2.01. The minimum Gasteiger partial charge on any atom is -0.451 e. The Morgan fingerprint density at radius 1 is 1.75 bits per heavy atom. The SMILES string of the molecule is O=C(Cc1cocn1)OC(F)F. The highest BCUT2D eigenvalue weighted by Gasteiger charge is 2.12. The molecule has 0 spiro atoms. The standard InChI is InChI=1S/C6H5F2NO3/c7-6(8)12-5(10)1-4-2-11-3-9-4/h2-3,6H,1H2. The lowest BCUT2D eigenvalue weighted by Crippen LogP contribution is -2.11. The topological polar surface area (TPSA) is 52.3 Å². The number of ether oxygens (including phenoxy) is 1. The van der Waals surface area contributed by atoms with Gasteiger partial charge in [-0.05, 0) is 0 Å². The number of hydrogen-bond donors (Lipinski definition) is 0. The minimum atomic E-state index is -3.08. The first-order chi connectivity index (χ1) is 5.68. The summed E-state index contributed by atoms with van der Waals surface area (Å²) in [6.07, 6.45) is 1.98. The summed E-state index contributed by atoms with van der Waals surface area (Å²) < 4.78 is 30.9. The Hall–Kier alpha value is -1.46. The Bertz CT molecular complexity index is 247. The number of carbonyl (C=O) groups excluding carboxylic acids is 1. The average molecular weight is 177 g/mol. The van der Waals surface area contributed by atoms with Gasteiger partial charge in [-0.2, -0.15) is 8.78 Å². The molecule has 1 heterocycles. The molecule has 1 rings (SSSR count). The number of esters is 1. The Morgan fingerprint density at radius 3 is 3.00 bits per heavy atom. The summed E-state index contributed by atoms with van der Waals surface area (Å²) in [7, 11) is 0. The second-order valence-corrected chi connectivity index (χ2v) is 1.91. The van der Waals surface area contributed by atoms with Gasteiger partial charge in [0.05, 0.1) is 12.1 Å². The van der Waals surface area contributed by atoms with Crippen molar-refractivity contribution in [3.8, 4) is 0 Å². The van der Waals surface area contributed by atoms with Crippen molar-refractivity contribution in [3.05, 3.63) is 18.4 Å². The van der Waals surface area contributed by atoms with Crippen LogP contribution in [0.25, 0.3) is 0 Å². The summed E-state index contributed by atoms with van der Waals surface area (Å²) in [5.74, 6) is -1.03. The van der Waals surface area contributed by atoms with Gasteiger partial charge in [0, 0.05) is 0 Å². The molecular weight excluding hydrogens is 172 g/mol. The Balaban J connectivity index is 2.37. The van der Waals surface area contributed by atoms with Gasteiger partial charge in [-0.15, -0.1) is 0 Å². The average Bonchev–Trinajstić information content (AvgIpc) is 2.37. The van der Waals surface area contributed by atoms with Crippen LogP contribution in [0.5, 0.6) is 0 Å². The molecule has 0 aliphatic heterocycles. The van der Waals surface area contributed by atoms with E-state index in [2.05, 4.69) is 14.1 Å².